The molecule has 2 aromatic rings. The minimum Gasteiger partial charge on any atom is -0.480 e. The van der Waals surface area contributed by atoms with Crippen LogP contribution in [0.4, 0.5) is 0 Å². The highest BCUT2D eigenvalue weighted by molar-refractivity contribution is 5.96. The zero-order chi connectivity index (χ0) is 14.1. The van der Waals surface area contributed by atoms with Crippen molar-refractivity contribution in [3.8, 4) is 0 Å². The van der Waals surface area contributed by atoms with Crippen LogP contribution >= 0.6 is 0 Å². The number of aromatic amines is 1. The number of carbonyl (C=O) groups excluding carboxylic acids is 1. The summed E-state index contributed by atoms with van der Waals surface area (Å²) >= 11 is 0. The Morgan fingerprint density at radius 3 is 2.80 bits per heavy atom. The number of amides is 1. The van der Waals surface area contributed by atoms with E-state index in [4.69, 9.17) is 0 Å². The average Bonchev–Trinajstić information content (AvgIpc) is 2.93. The lowest BCUT2D eigenvalue weighted by molar-refractivity contribution is -0.142. The number of imidazole rings is 1. The van der Waals surface area contributed by atoms with Crippen molar-refractivity contribution in [1.82, 2.24) is 24.8 Å². The van der Waals surface area contributed by atoms with E-state index in [1.165, 1.54) is 29.9 Å². The third kappa shape index (κ3) is 2.00. The van der Waals surface area contributed by atoms with Crippen LogP contribution in [0.1, 0.15) is 21.7 Å². The van der Waals surface area contributed by atoms with E-state index in [9.17, 15) is 14.7 Å². The maximum atomic E-state index is 12.4. The van der Waals surface area contributed by atoms with Gasteiger partial charge < -0.3 is 15.0 Å². The van der Waals surface area contributed by atoms with E-state index in [2.05, 4.69) is 19.9 Å². The molecule has 0 saturated heterocycles. The first-order valence-corrected chi connectivity index (χ1v) is 5.96. The highest BCUT2D eigenvalue weighted by atomic mass is 16.4. The second-order valence-electron chi connectivity index (χ2n) is 4.45. The van der Waals surface area contributed by atoms with E-state index < -0.39 is 17.9 Å². The molecule has 0 spiro atoms. The maximum absolute atomic E-state index is 12.4. The molecule has 1 aliphatic rings. The van der Waals surface area contributed by atoms with Crippen LogP contribution in [-0.2, 0) is 17.8 Å². The number of fused-ring (bicyclic) bond motifs is 1. The van der Waals surface area contributed by atoms with E-state index in [-0.39, 0.29) is 18.5 Å². The average molecular weight is 273 g/mol. The number of aliphatic carboxylic acids is 1. The zero-order valence-corrected chi connectivity index (χ0v) is 10.4. The molecule has 0 saturated carbocycles. The summed E-state index contributed by atoms with van der Waals surface area (Å²) < 4.78 is 0. The Morgan fingerprint density at radius 1 is 1.35 bits per heavy atom. The van der Waals surface area contributed by atoms with E-state index in [1.54, 1.807) is 0 Å². The molecule has 3 rings (SSSR count). The van der Waals surface area contributed by atoms with Gasteiger partial charge in [-0.2, -0.15) is 0 Å². The Hall–Kier alpha value is -2.77. The van der Waals surface area contributed by atoms with E-state index in [0.29, 0.717) is 5.69 Å². The van der Waals surface area contributed by atoms with Crippen LogP contribution in [0, 0.1) is 0 Å². The van der Waals surface area contributed by atoms with Crippen LogP contribution in [0.5, 0.6) is 0 Å². The molecule has 0 fully saturated rings. The van der Waals surface area contributed by atoms with Crippen LogP contribution < -0.4 is 0 Å². The predicted molar refractivity (Wildman–Crippen MR) is 65.6 cm³/mol. The lowest BCUT2D eigenvalue weighted by Crippen LogP contribution is -2.48. The van der Waals surface area contributed by atoms with Crippen molar-refractivity contribution in [2.45, 2.75) is 19.0 Å². The quantitative estimate of drug-likeness (QED) is 0.787. The first-order valence-electron chi connectivity index (χ1n) is 5.96. The molecule has 2 N–H and O–H groups in total. The number of rotatable bonds is 2. The van der Waals surface area contributed by atoms with Crippen molar-refractivity contribution in [3.05, 3.63) is 42.0 Å². The van der Waals surface area contributed by atoms with Gasteiger partial charge in [-0.25, -0.2) is 19.7 Å². The summed E-state index contributed by atoms with van der Waals surface area (Å²) in [7, 11) is 0. The van der Waals surface area contributed by atoms with Gasteiger partial charge in [0.2, 0.25) is 0 Å². The molecular weight excluding hydrogens is 262 g/mol. The second kappa shape index (κ2) is 4.72. The van der Waals surface area contributed by atoms with Crippen molar-refractivity contribution in [2.75, 3.05) is 0 Å². The number of hydrogen-bond donors (Lipinski definition) is 2. The van der Waals surface area contributed by atoms with Crippen molar-refractivity contribution in [2.24, 2.45) is 0 Å². The third-order valence-corrected chi connectivity index (χ3v) is 3.25. The molecule has 0 aromatic carbocycles. The van der Waals surface area contributed by atoms with Gasteiger partial charge in [-0.3, -0.25) is 4.79 Å². The van der Waals surface area contributed by atoms with Crippen molar-refractivity contribution in [1.29, 1.82) is 0 Å². The van der Waals surface area contributed by atoms with E-state index in [1.807, 2.05) is 0 Å². The van der Waals surface area contributed by atoms with Crippen LogP contribution in [0.25, 0.3) is 0 Å². The van der Waals surface area contributed by atoms with Gasteiger partial charge in [0.05, 0.1) is 29.8 Å². The Morgan fingerprint density at radius 2 is 2.10 bits per heavy atom. The largest absolute Gasteiger partial charge is 0.480 e. The first-order chi connectivity index (χ1) is 9.66. The monoisotopic (exact) mass is 273 g/mol. The van der Waals surface area contributed by atoms with Gasteiger partial charge in [-0.15, -0.1) is 0 Å². The minimum atomic E-state index is -1.05. The van der Waals surface area contributed by atoms with Gasteiger partial charge in [0, 0.05) is 18.8 Å². The molecule has 0 aliphatic carbocycles. The van der Waals surface area contributed by atoms with Gasteiger partial charge in [-0.05, 0) is 0 Å². The normalized spacial score (nSPS) is 17.6. The molecule has 102 valence electrons. The van der Waals surface area contributed by atoms with Crippen molar-refractivity contribution >= 4 is 11.9 Å². The van der Waals surface area contributed by atoms with Gasteiger partial charge in [-0.1, -0.05) is 0 Å². The van der Waals surface area contributed by atoms with E-state index in [0.717, 1.165) is 5.69 Å². The molecule has 1 atom stereocenters. The topological polar surface area (TPSA) is 112 Å². The smallest absolute Gasteiger partial charge is 0.326 e. The summed E-state index contributed by atoms with van der Waals surface area (Å²) in [4.78, 5) is 39.6. The third-order valence-electron chi connectivity index (χ3n) is 3.25. The molecule has 20 heavy (non-hydrogen) atoms. The number of aromatic nitrogens is 4. The molecule has 0 radical (unpaired) electrons. The summed E-state index contributed by atoms with van der Waals surface area (Å²) in [5.74, 6) is -1.46. The molecule has 8 heteroatoms. The van der Waals surface area contributed by atoms with Crippen LogP contribution in [0.2, 0.25) is 0 Å². The fourth-order valence-electron chi connectivity index (χ4n) is 2.25. The van der Waals surface area contributed by atoms with Crippen LogP contribution in [0.3, 0.4) is 0 Å². The summed E-state index contributed by atoms with van der Waals surface area (Å²) in [5, 5.41) is 9.30. The summed E-state index contributed by atoms with van der Waals surface area (Å²) in [5.41, 5.74) is 1.71. The van der Waals surface area contributed by atoms with Gasteiger partial charge in [0.25, 0.3) is 5.91 Å². The van der Waals surface area contributed by atoms with Gasteiger partial charge >= 0.3 is 5.97 Å². The van der Waals surface area contributed by atoms with Crippen molar-refractivity contribution < 1.29 is 14.7 Å². The van der Waals surface area contributed by atoms with E-state index >= 15 is 0 Å². The lowest BCUT2D eigenvalue weighted by atomic mass is 10.0. The standard InChI is InChI=1S/C12H11N5O3/c18-11(7-2-13-5-14-3-7)17-4-9-8(15-6-16-9)1-10(17)12(19)20/h2-3,5-6,10H,1,4H2,(H,15,16)(H,19,20). The Balaban J connectivity index is 1.95. The molecule has 1 amide bonds. The number of nitrogens with one attached hydrogen (secondary N) is 1. The highest BCUT2D eigenvalue weighted by Gasteiger charge is 2.36. The zero-order valence-electron chi connectivity index (χ0n) is 10.4. The SMILES string of the molecule is O=C(O)C1Cc2nc[nH]c2CN1C(=O)c1cncnc1. The van der Waals surface area contributed by atoms with Crippen molar-refractivity contribution in [3.63, 3.8) is 0 Å². The maximum Gasteiger partial charge on any atom is 0.326 e. The van der Waals surface area contributed by atoms with Gasteiger partial charge in [0.1, 0.15) is 12.4 Å². The fourth-order valence-corrected chi connectivity index (χ4v) is 2.25. The molecule has 1 unspecified atom stereocenters. The predicted octanol–water partition coefficient (Wildman–Crippen LogP) is -0.149. The minimum absolute atomic E-state index is 0.181. The Bertz CT molecular complexity index is 654. The second-order valence-corrected chi connectivity index (χ2v) is 4.45. The number of carboxylic acids is 1. The lowest BCUT2D eigenvalue weighted by Gasteiger charge is -2.32. The molecule has 1 aliphatic heterocycles. The number of hydrogen-bond acceptors (Lipinski definition) is 5. The summed E-state index contributed by atoms with van der Waals surface area (Å²) in [6, 6.07) is -0.932. The number of carbonyl (C=O) groups is 2. The summed E-state index contributed by atoms with van der Waals surface area (Å²) in [6.07, 6.45) is 5.75. The van der Waals surface area contributed by atoms with Crippen LogP contribution in [0.15, 0.2) is 25.0 Å². The number of carboxylic acid groups (broad SMARTS) is 1. The highest BCUT2D eigenvalue weighted by Crippen LogP contribution is 2.22. The molecule has 0 bridgehead atoms. The first kappa shape index (κ1) is 12.3. The fraction of sp³-hybridized carbons (Fsp3) is 0.250. The Kier molecular flexibility index (Phi) is 2.90. The molecule has 2 aromatic heterocycles. The number of H-pyrrole nitrogens is 1. The van der Waals surface area contributed by atoms with Crippen LogP contribution in [-0.4, -0.2) is 47.9 Å². The number of nitrogens with zero attached hydrogens (tertiary/aromatic N) is 4. The Labute approximate surface area is 113 Å². The molecule has 3 heterocycles. The molecule has 8 nitrogen and oxygen atoms in total. The summed E-state index contributed by atoms with van der Waals surface area (Å²) in [6.45, 7) is 0.181. The van der Waals surface area contributed by atoms with Gasteiger partial charge in [0.15, 0.2) is 0 Å². The molecular formula is C12H11N5O3.